The minimum absolute atomic E-state index is 0.0532. The molecular weight excluding hydrogens is 442 g/mol. The summed E-state index contributed by atoms with van der Waals surface area (Å²) in [6, 6.07) is 14.0. The highest BCUT2D eigenvalue weighted by molar-refractivity contribution is 7.89. The van der Waals surface area contributed by atoms with Gasteiger partial charge in [-0.3, -0.25) is 9.59 Å². The molecule has 0 aliphatic carbocycles. The first-order valence-electron chi connectivity index (χ1n) is 11.2. The number of nitrogens with zero attached hydrogens (tertiary/aromatic N) is 2. The Morgan fingerprint density at radius 1 is 1.03 bits per heavy atom. The number of piperidine rings is 1. The fraction of sp³-hybridized carbons (Fsp3) is 0.417. The van der Waals surface area contributed by atoms with Gasteiger partial charge in [0, 0.05) is 44.2 Å². The van der Waals surface area contributed by atoms with Gasteiger partial charge in [-0.05, 0) is 61.2 Å². The molecule has 2 aliphatic heterocycles. The third kappa shape index (κ3) is 5.20. The van der Waals surface area contributed by atoms with E-state index in [1.54, 1.807) is 36.3 Å². The van der Waals surface area contributed by atoms with Gasteiger partial charge in [0.15, 0.2) is 0 Å². The fourth-order valence-electron chi connectivity index (χ4n) is 4.30. The minimum Gasteiger partial charge on any atom is -0.497 e. The number of amides is 2. The van der Waals surface area contributed by atoms with E-state index in [2.05, 4.69) is 5.32 Å². The number of hydrogen-bond acceptors (Lipinski definition) is 5. The second kappa shape index (κ2) is 9.93. The molecule has 176 valence electrons. The van der Waals surface area contributed by atoms with Crippen molar-refractivity contribution in [2.75, 3.05) is 31.6 Å². The molecule has 2 fully saturated rings. The Morgan fingerprint density at radius 2 is 1.70 bits per heavy atom. The molecule has 4 rings (SSSR count). The molecule has 33 heavy (non-hydrogen) atoms. The SMILES string of the molecule is COc1ccc(CNC(=O)C2CCN(S(=O)(=O)c3ccc(N4CCCC4=O)cc3)CC2)cc1. The van der Waals surface area contributed by atoms with Gasteiger partial charge in [-0.1, -0.05) is 12.1 Å². The van der Waals surface area contributed by atoms with Gasteiger partial charge in [-0.15, -0.1) is 0 Å². The molecule has 8 nitrogen and oxygen atoms in total. The van der Waals surface area contributed by atoms with Crippen LogP contribution in [0.4, 0.5) is 5.69 Å². The van der Waals surface area contributed by atoms with E-state index in [-0.39, 0.29) is 22.6 Å². The zero-order valence-corrected chi connectivity index (χ0v) is 19.5. The highest BCUT2D eigenvalue weighted by Gasteiger charge is 2.32. The lowest BCUT2D eigenvalue weighted by Gasteiger charge is -2.30. The van der Waals surface area contributed by atoms with Crippen LogP contribution in [0.25, 0.3) is 0 Å². The predicted octanol–water partition coefficient (Wildman–Crippen LogP) is 2.54. The van der Waals surface area contributed by atoms with Crippen LogP contribution in [0.2, 0.25) is 0 Å². The Hall–Kier alpha value is -2.91. The Morgan fingerprint density at radius 3 is 2.27 bits per heavy atom. The molecular formula is C24H29N3O5S. The van der Waals surface area contributed by atoms with Crippen molar-refractivity contribution in [2.24, 2.45) is 5.92 Å². The summed E-state index contributed by atoms with van der Waals surface area (Å²) < 4.78 is 32.7. The highest BCUT2D eigenvalue weighted by Crippen LogP contribution is 2.27. The molecule has 2 heterocycles. The number of carbonyl (C=O) groups is 2. The maximum absolute atomic E-state index is 13.1. The van der Waals surface area contributed by atoms with Crippen molar-refractivity contribution < 1.29 is 22.7 Å². The first kappa shape index (κ1) is 23.3. The second-order valence-electron chi connectivity index (χ2n) is 8.39. The average molecular weight is 472 g/mol. The van der Waals surface area contributed by atoms with Gasteiger partial charge < -0.3 is 15.0 Å². The smallest absolute Gasteiger partial charge is 0.243 e. The lowest BCUT2D eigenvalue weighted by atomic mass is 9.97. The van der Waals surface area contributed by atoms with Crippen LogP contribution < -0.4 is 15.0 Å². The molecule has 0 aromatic heterocycles. The molecule has 0 radical (unpaired) electrons. The van der Waals surface area contributed by atoms with Crippen molar-refractivity contribution in [3.8, 4) is 5.75 Å². The maximum atomic E-state index is 13.1. The van der Waals surface area contributed by atoms with E-state index < -0.39 is 10.0 Å². The number of nitrogens with one attached hydrogen (secondary N) is 1. The van der Waals surface area contributed by atoms with Gasteiger partial charge in [0.1, 0.15) is 5.75 Å². The van der Waals surface area contributed by atoms with Crippen molar-refractivity contribution in [1.29, 1.82) is 0 Å². The third-order valence-corrected chi connectivity index (χ3v) is 8.22. The molecule has 9 heteroatoms. The van der Waals surface area contributed by atoms with Crippen molar-refractivity contribution in [3.63, 3.8) is 0 Å². The summed E-state index contributed by atoms with van der Waals surface area (Å²) in [5, 5.41) is 2.95. The first-order chi connectivity index (χ1) is 15.9. The standard InChI is InChI=1S/C24H29N3O5S/c1-32-21-8-4-18(5-9-21)17-25-24(29)19-12-15-26(16-13-19)33(30,31)22-10-6-20(7-11-22)27-14-2-3-23(27)28/h4-11,19H,2-3,12-17H2,1H3,(H,25,29). The summed E-state index contributed by atoms with van der Waals surface area (Å²) in [5.41, 5.74) is 1.70. The number of ether oxygens (including phenoxy) is 1. The van der Waals surface area contributed by atoms with Crippen LogP contribution in [0.1, 0.15) is 31.2 Å². The van der Waals surface area contributed by atoms with Crippen LogP contribution in [0.5, 0.6) is 5.75 Å². The second-order valence-corrected chi connectivity index (χ2v) is 10.3. The lowest BCUT2D eigenvalue weighted by molar-refractivity contribution is -0.126. The summed E-state index contributed by atoms with van der Waals surface area (Å²) in [6.07, 6.45) is 2.31. The predicted molar refractivity (Wildman–Crippen MR) is 124 cm³/mol. The normalized spacial score (nSPS) is 17.8. The van der Waals surface area contributed by atoms with Gasteiger partial charge in [0.05, 0.1) is 12.0 Å². The molecule has 1 N–H and O–H groups in total. The number of benzene rings is 2. The van der Waals surface area contributed by atoms with E-state index in [1.807, 2.05) is 24.3 Å². The summed E-state index contributed by atoms with van der Waals surface area (Å²) in [7, 11) is -2.03. The number of methoxy groups -OCH3 is 1. The number of anilines is 1. The zero-order valence-electron chi connectivity index (χ0n) is 18.7. The largest absolute Gasteiger partial charge is 0.497 e. The minimum atomic E-state index is -3.64. The molecule has 2 aliphatic rings. The summed E-state index contributed by atoms with van der Waals surface area (Å²) in [6.45, 7) is 1.69. The third-order valence-electron chi connectivity index (χ3n) is 6.31. The van der Waals surface area contributed by atoms with Crippen LogP contribution in [0.15, 0.2) is 53.4 Å². The van der Waals surface area contributed by atoms with Crippen LogP contribution in [0, 0.1) is 5.92 Å². The van der Waals surface area contributed by atoms with Crippen LogP contribution in [-0.4, -0.2) is 51.3 Å². The van der Waals surface area contributed by atoms with E-state index in [0.717, 1.165) is 23.4 Å². The van der Waals surface area contributed by atoms with E-state index in [0.29, 0.717) is 45.4 Å². The first-order valence-corrected chi connectivity index (χ1v) is 12.6. The summed E-state index contributed by atoms with van der Waals surface area (Å²) in [5.74, 6) is 0.566. The monoisotopic (exact) mass is 471 g/mol. The van der Waals surface area contributed by atoms with Crippen molar-refractivity contribution in [3.05, 3.63) is 54.1 Å². The number of rotatable bonds is 7. The Labute approximate surface area is 194 Å². The summed E-state index contributed by atoms with van der Waals surface area (Å²) in [4.78, 5) is 26.4. The summed E-state index contributed by atoms with van der Waals surface area (Å²) >= 11 is 0. The van der Waals surface area contributed by atoms with E-state index in [4.69, 9.17) is 4.74 Å². The molecule has 0 saturated carbocycles. The van der Waals surface area contributed by atoms with Crippen LogP contribution >= 0.6 is 0 Å². The molecule has 2 aromatic rings. The molecule has 0 atom stereocenters. The molecule has 0 bridgehead atoms. The van der Waals surface area contributed by atoms with Crippen molar-refractivity contribution in [2.45, 2.75) is 37.1 Å². The van der Waals surface area contributed by atoms with Gasteiger partial charge in [-0.2, -0.15) is 4.31 Å². The average Bonchev–Trinajstić information content (AvgIpc) is 3.28. The van der Waals surface area contributed by atoms with E-state index in [9.17, 15) is 18.0 Å². The van der Waals surface area contributed by atoms with Gasteiger partial charge in [0.25, 0.3) is 0 Å². The number of sulfonamides is 1. The molecule has 0 spiro atoms. The highest BCUT2D eigenvalue weighted by atomic mass is 32.2. The van der Waals surface area contributed by atoms with E-state index >= 15 is 0 Å². The molecule has 2 aromatic carbocycles. The number of hydrogen-bond donors (Lipinski definition) is 1. The maximum Gasteiger partial charge on any atom is 0.243 e. The topological polar surface area (TPSA) is 96.0 Å². The lowest BCUT2D eigenvalue weighted by Crippen LogP contribution is -2.42. The van der Waals surface area contributed by atoms with Crippen molar-refractivity contribution >= 4 is 27.5 Å². The van der Waals surface area contributed by atoms with Gasteiger partial charge in [0.2, 0.25) is 21.8 Å². The zero-order chi connectivity index (χ0) is 23.4. The van der Waals surface area contributed by atoms with Gasteiger partial charge in [-0.25, -0.2) is 8.42 Å². The Bertz CT molecular complexity index is 1090. The fourth-order valence-corrected chi connectivity index (χ4v) is 5.77. The quantitative estimate of drug-likeness (QED) is 0.670. The van der Waals surface area contributed by atoms with Crippen LogP contribution in [-0.2, 0) is 26.2 Å². The van der Waals surface area contributed by atoms with E-state index in [1.165, 1.54) is 4.31 Å². The van der Waals surface area contributed by atoms with Gasteiger partial charge >= 0.3 is 0 Å². The molecule has 2 saturated heterocycles. The molecule has 0 unspecified atom stereocenters. The molecule has 2 amide bonds. The van der Waals surface area contributed by atoms with Crippen LogP contribution in [0.3, 0.4) is 0 Å². The number of carbonyl (C=O) groups excluding carboxylic acids is 2. The Kier molecular flexibility index (Phi) is 6.99. The van der Waals surface area contributed by atoms with Crippen molar-refractivity contribution in [1.82, 2.24) is 9.62 Å². The Balaban J connectivity index is 1.30.